The molecule has 1 aromatic heterocycles. The van der Waals surface area contributed by atoms with Crippen molar-refractivity contribution >= 4 is 41.1 Å². The minimum Gasteiger partial charge on any atom is -0.462 e. The first kappa shape index (κ1) is 22.4. The number of nitrogens with zero attached hydrogens (tertiary/aromatic N) is 3. The van der Waals surface area contributed by atoms with E-state index in [4.69, 9.17) is 16.3 Å². The number of hydrogen-bond donors (Lipinski definition) is 0. The number of esters is 1. The summed E-state index contributed by atoms with van der Waals surface area (Å²) in [4.78, 5) is 34.3. The van der Waals surface area contributed by atoms with Gasteiger partial charge in [-0.05, 0) is 56.7 Å². The molecule has 0 bridgehead atoms. The van der Waals surface area contributed by atoms with Gasteiger partial charge < -0.3 is 14.5 Å². The summed E-state index contributed by atoms with van der Waals surface area (Å²) >= 11 is 7.48. The molecule has 1 amide bonds. The van der Waals surface area contributed by atoms with E-state index in [1.165, 1.54) is 0 Å². The van der Waals surface area contributed by atoms with Crippen LogP contribution in [0.3, 0.4) is 0 Å². The Balaban J connectivity index is 1.56. The van der Waals surface area contributed by atoms with E-state index in [1.54, 1.807) is 30.9 Å². The number of aromatic nitrogens is 1. The number of thioether (sulfide) groups is 1. The third-order valence-electron chi connectivity index (χ3n) is 4.86. The Morgan fingerprint density at radius 1 is 1.13 bits per heavy atom. The van der Waals surface area contributed by atoms with Crippen LogP contribution in [0.15, 0.2) is 47.5 Å². The number of ether oxygens (including phenoxy) is 1. The molecular formula is C22H26ClN3O3S. The molecule has 160 valence electrons. The van der Waals surface area contributed by atoms with Crippen LogP contribution >= 0.6 is 23.4 Å². The molecule has 0 aliphatic carbocycles. The molecule has 30 heavy (non-hydrogen) atoms. The van der Waals surface area contributed by atoms with E-state index in [9.17, 15) is 9.59 Å². The van der Waals surface area contributed by atoms with Crippen LogP contribution in [0, 0.1) is 0 Å². The highest BCUT2D eigenvalue weighted by molar-refractivity contribution is 8.00. The molecule has 0 spiro atoms. The molecule has 1 aromatic carbocycles. The van der Waals surface area contributed by atoms with Crippen LogP contribution in [0.1, 0.15) is 30.6 Å². The molecule has 3 rings (SSSR count). The third-order valence-corrected chi connectivity index (χ3v) is 6.22. The molecular weight excluding hydrogens is 422 g/mol. The van der Waals surface area contributed by atoms with Crippen LogP contribution in [0.25, 0.3) is 0 Å². The van der Waals surface area contributed by atoms with E-state index in [2.05, 4.69) is 9.88 Å². The summed E-state index contributed by atoms with van der Waals surface area (Å²) in [6.45, 7) is 6.95. The van der Waals surface area contributed by atoms with Crippen molar-refractivity contribution in [1.82, 2.24) is 9.88 Å². The number of carbonyl (C=O) groups is 2. The monoisotopic (exact) mass is 447 g/mol. The molecule has 1 saturated heterocycles. The molecule has 0 N–H and O–H groups in total. The summed E-state index contributed by atoms with van der Waals surface area (Å²) in [5.74, 6) is 0.583. The predicted molar refractivity (Wildman–Crippen MR) is 120 cm³/mol. The van der Waals surface area contributed by atoms with Gasteiger partial charge in [0.2, 0.25) is 5.91 Å². The molecule has 2 aromatic rings. The number of benzene rings is 1. The Morgan fingerprint density at radius 3 is 2.57 bits per heavy atom. The fourth-order valence-electron chi connectivity index (χ4n) is 3.30. The van der Waals surface area contributed by atoms with E-state index in [-0.39, 0.29) is 17.1 Å². The van der Waals surface area contributed by atoms with Crippen molar-refractivity contribution in [1.29, 1.82) is 0 Å². The fourth-order valence-corrected chi connectivity index (χ4v) is 4.38. The SMILES string of the molecule is CCOC(=O)c1ccc(N2CCCN(C(=O)C(C)Sc3ccc(Cl)cc3)CC2)nc1. The van der Waals surface area contributed by atoms with Crippen LogP contribution in [0.4, 0.5) is 5.82 Å². The number of pyridine rings is 1. The van der Waals surface area contributed by atoms with Crippen molar-refractivity contribution in [2.24, 2.45) is 0 Å². The number of carbonyl (C=O) groups excluding carboxylic acids is 2. The maximum Gasteiger partial charge on any atom is 0.339 e. The van der Waals surface area contributed by atoms with Crippen molar-refractivity contribution in [3.8, 4) is 0 Å². The maximum atomic E-state index is 12.9. The maximum absolute atomic E-state index is 12.9. The quantitative estimate of drug-likeness (QED) is 0.490. The van der Waals surface area contributed by atoms with Crippen LogP contribution in [-0.4, -0.2) is 59.8 Å². The number of hydrogen-bond acceptors (Lipinski definition) is 6. The highest BCUT2D eigenvalue weighted by atomic mass is 35.5. The van der Waals surface area contributed by atoms with Gasteiger partial charge in [-0.25, -0.2) is 9.78 Å². The van der Waals surface area contributed by atoms with Crippen molar-refractivity contribution in [2.75, 3.05) is 37.7 Å². The molecule has 1 fully saturated rings. The molecule has 0 saturated carbocycles. The van der Waals surface area contributed by atoms with Crippen LogP contribution in [0.2, 0.25) is 5.02 Å². The number of rotatable bonds is 6. The second-order valence-electron chi connectivity index (χ2n) is 7.01. The van der Waals surface area contributed by atoms with Gasteiger partial charge in [0.15, 0.2) is 0 Å². The van der Waals surface area contributed by atoms with E-state index in [1.807, 2.05) is 42.2 Å². The van der Waals surface area contributed by atoms with Crippen molar-refractivity contribution in [3.63, 3.8) is 0 Å². The fraction of sp³-hybridized carbons (Fsp3) is 0.409. The largest absolute Gasteiger partial charge is 0.462 e. The Labute approximate surface area is 186 Å². The first-order chi connectivity index (χ1) is 14.5. The van der Waals surface area contributed by atoms with Gasteiger partial charge in [-0.2, -0.15) is 0 Å². The number of anilines is 1. The molecule has 6 nitrogen and oxygen atoms in total. The molecule has 1 aliphatic rings. The normalized spacial score (nSPS) is 15.4. The Kier molecular flexibility index (Phi) is 7.99. The average molecular weight is 448 g/mol. The first-order valence-corrected chi connectivity index (χ1v) is 11.3. The van der Waals surface area contributed by atoms with Crippen LogP contribution in [0.5, 0.6) is 0 Å². The molecule has 1 aliphatic heterocycles. The molecule has 8 heteroatoms. The lowest BCUT2D eigenvalue weighted by Crippen LogP contribution is -2.39. The first-order valence-electron chi connectivity index (χ1n) is 10.1. The van der Waals surface area contributed by atoms with Gasteiger partial charge in [0, 0.05) is 42.3 Å². The van der Waals surface area contributed by atoms with Gasteiger partial charge in [-0.3, -0.25) is 4.79 Å². The van der Waals surface area contributed by atoms with E-state index in [0.29, 0.717) is 30.3 Å². The lowest BCUT2D eigenvalue weighted by atomic mass is 10.2. The summed E-state index contributed by atoms with van der Waals surface area (Å²) in [7, 11) is 0. The van der Waals surface area contributed by atoms with E-state index >= 15 is 0 Å². The van der Waals surface area contributed by atoms with Gasteiger partial charge in [-0.1, -0.05) is 11.6 Å². The Bertz CT molecular complexity index is 861. The van der Waals surface area contributed by atoms with Gasteiger partial charge in [0.05, 0.1) is 17.4 Å². The predicted octanol–water partition coefficient (Wildman–Crippen LogP) is 4.13. The van der Waals surface area contributed by atoms with Crippen molar-refractivity contribution in [3.05, 3.63) is 53.2 Å². The number of amides is 1. The zero-order chi connectivity index (χ0) is 21.5. The van der Waals surface area contributed by atoms with Crippen LogP contribution < -0.4 is 4.90 Å². The zero-order valence-corrected chi connectivity index (χ0v) is 18.8. The van der Waals surface area contributed by atoms with Gasteiger partial charge in [0.25, 0.3) is 0 Å². The summed E-state index contributed by atoms with van der Waals surface area (Å²) in [5, 5.41) is 0.523. The molecule has 1 unspecified atom stereocenters. The Hall–Kier alpha value is -2.25. The molecule has 1 atom stereocenters. The van der Waals surface area contributed by atoms with E-state index in [0.717, 1.165) is 30.2 Å². The van der Waals surface area contributed by atoms with Gasteiger partial charge in [0.1, 0.15) is 5.82 Å². The molecule has 0 radical (unpaired) electrons. The summed E-state index contributed by atoms with van der Waals surface area (Å²) in [6, 6.07) is 11.1. The minimum absolute atomic E-state index is 0.141. The lowest BCUT2D eigenvalue weighted by Gasteiger charge is -2.25. The smallest absolute Gasteiger partial charge is 0.339 e. The minimum atomic E-state index is -0.364. The second kappa shape index (κ2) is 10.7. The molecule has 2 heterocycles. The summed E-state index contributed by atoms with van der Waals surface area (Å²) in [5.41, 5.74) is 0.445. The standard InChI is InChI=1S/C22H26ClN3O3S/c1-3-29-22(28)17-5-10-20(24-15-17)25-11-4-12-26(14-13-25)21(27)16(2)30-19-8-6-18(23)7-9-19/h5-10,15-16H,3-4,11-14H2,1-2H3. The third kappa shape index (κ3) is 5.89. The van der Waals surface area contributed by atoms with Crippen LogP contribution in [-0.2, 0) is 9.53 Å². The second-order valence-corrected chi connectivity index (χ2v) is 8.86. The number of halogens is 1. The van der Waals surface area contributed by atoms with Crippen molar-refractivity contribution in [2.45, 2.75) is 30.4 Å². The average Bonchev–Trinajstić information content (AvgIpc) is 3.01. The summed E-state index contributed by atoms with van der Waals surface area (Å²) in [6.07, 6.45) is 2.41. The van der Waals surface area contributed by atoms with Gasteiger partial charge in [-0.15, -0.1) is 11.8 Å². The highest BCUT2D eigenvalue weighted by Gasteiger charge is 2.24. The zero-order valence-electron chi connectivity index (χ0n) is 17.2. The topological polar surface area (TPSA) is 62.7 Å². The Morgan fingerprint density at radius 2 is 1.90 bits per heavy atom. The van der Waals surface area contributed by atoms with Gasteiger partial charge >= 0.3 is 5.97 Å². The van der Waals surface area contributed by atoms with E-state index < -0.39 is 0 Å². The lowest BCUT2D eigenvalue weighted by molar-refractivity contribution is -0.130. The summed E-state index contributed by atoms with van der Waals surface area (Å²) < 4.78 is 5.00. The van der Waals surface area contributed by atoms with Crippen molar-refractivity contribution < 1.29 is 14.3 Å². The highest BCUT2D eigenvalue weighted by Crippen LogP contribution is 2.26.